The van der Waals surface area contributed by atoms with Crippen molar-refractivity contribution in [3.63, 3.8) is 0 Å². The number of anilines is 1. The van der Waals surface area contributed by atoms with Crippen molar-refractivity contribution in [3.8, 4) is 0 Å². The van der Waals surface area contributed by atoms with Crippen LogP contribution in [0.4, 0.5) is 5.69 Å². The van der Waals surface area contributed by atoms with Crippen molar-refractivity contribution in [1.29, 1.82) is 0 Å². The molecular formula is C15H11Br2NO6. The monoisotopic (exact) mass is 459 g/mol. The standard InChI is InChI=1S/C15H11Br2NO6/c16-9-10(17)12-8(15(22)23)7(11(9)24-12)13(19)18-6-4-2-1-3-5(6)14(20)21/h1-4,7-8,11-12H,(H,18,19)(H,20,21)(H,22,23)/t7-,8+,11+,12+/m0/s1. The number of carboxylic acids is 2. The zero-order valence-electron chi connectivity index (χ0n) is 11.9. The molecule has 1 amide bonds. The number of benzene rings is 1. The molecule has 3 N–H and O–H groups in total. The van der Waals surface area contributed by atoms with E-state index in [1.807, 2.05) is 0 Å². The van der Waals surface area contributed by atoms with Crippen molar-refractivity contribution < 1.29 is 29.3 Å². The lowest BCUT2D eigenvalue weighted by Gasteiger charge is -2.24. The highest BCUT2D eigenvalue weighted by Crippen LogP contribution is 2.51. The number of aliphatic carboxylic acids is 1. The summed E-state index contributed by atoms with van der Waals surface area (Å²) in [5, 5.41) is 21.1. The van der Waals surface area contributed by atoms with Crippen LogP contribution >= 0.6 is 31.9 Å². The number of carbonyl (C=O) groups excluding carboxylic acids is 1. The topological polar surface area (TPSA) is 113 Å². The molecule has 0 unspecified atom stereocenters. The van der Waals surface area contributed by atoms with Crippen LogP contribution in [0.1, 0.15) is 10.4 Å². The van der Waals surface area contributed by atoms with E-state index in [1.54, 1.807) is 6.07 Å². The highest BCUT2D eigenvalue weighted by Gasteiger charge is 2.58. The van der Waals surface area contributed by atoms with Gasteiger partial charge in [0.05, 0.1) is 17.2 Å². The Morgan fingerprint density at radius 1 is 1.00 bits per heavy atom. The summed E-state index contributed by atoms with van der Waals surface area (Å²) in [7, 11) is 0. The molecule has 1 saturated heterocycles. The summed E-state index contributed by atoms with van der Waals surface area (Å²) in [5.74, 6) is -4.95. The van der Waals surface area contributed by atoms with E-state index in [0.29, 0.717) is 8.96 Å². The highest BCUT2D eigenvalue weighted by atomic mass is 79.9. The maximum Gasteiger partial charge on any atom is 0.337 e. The summed E-state index contributed by atoms with van der Waals surface area (Å²) in [6.45, 7) is 0. The van der Waals surface area contributed by atoms with Gasteiger partial charge in [-0.3, -0.25) is 9.59 Å². The molecule has 0 radical (unpaired) electrons. The Balaban J connectivity index is 1.91. The SMILES string of the molecule is O=C(O)c1ccccc1NC(=O)[C@H]1[C@@H](C(=O)O)[C@H]2O[C@H]1C(Br)=C2Br. The second kappa shape index (κ2) is 6.30. The molecule has 0 spiro atoms. The molecule has 7 nitrogen and oxygen atoms in total. The van der Waals surface area contributed by atoms with Gasteiger partial charge in [0, 0.05) is 8.96 Å². The molecule has 1 aromatic rings. The number of amides is 1. The van der Waals surface area contributed by atoms with Crippen LogP contribution in [0.2, 0.25) is 0 Å². The molecule has 2 heterocycles. The highest BCUT2D eigenvalue weighted by molar-refractivity contribution is 9.14. The van der Waals surface area contributed by atoms with Gasteiger partial charge < -0.3 is 20.3 Å². The first-order chi connectivity index (χ1) is 11.3. The largest absolute Gasteiger partial charge is 0.481 e. The molecule has 0 aromatic heterocycles. The second-order valence-electron chi connectivity index (χ2n) is 5.40. The van der Waals surface area contributed by atoms with Gasteiger partial charge in [-0.25, -0.2) is 4.79 Å². The third-order valence-corrected chi connectivity index (χ3v) is 6.35. The second-order valence-corrected chi connectivity index (χ2v) is 7.11. The molecule has 2 bridgehead atoms. The zero-order valence-corrected chi connectivity index (χ0v) is 15.1. The summed E-state index contributed by atoms with van der Waals surface area (Å²) < 4.78 is 6.77. The summed E-state index contributed by atoms with van der Waals surface area (Å²) in [4.78, 5) is 35.4. The van der Waals surface area contributed by atoms with Crippen molar-refractivity contribution in [2.75, 3.05) is 5.32 Å². The van der Waals surface area contributed by atoms with E-state index in [-0.39, 0.29) is 11.3 Å². The Bertz CT molecular complexity index is 777. The summed E-state index contributed by atoms with van der Waals surface area (Å²) in [6, 6.07) is 5.93. The van der Waals surface area contributed by atoms with Crippen LogP contribution in [-0.4, -0.2) is 40.3 Å². The molecule has 1 fully saturated rings. The fourth-order valence-corrected chi connectivity index (χ4v) is 4.23. The summed E-state index contributed by atoms with van der Waals surface area (Å²) >= 11 is 6.59. The minimum absolute atomic E-state index is 0.0717. The lowest BCUT2D eigenvalue weighted by atomic mass is 9.82. The molecule has 1 aromatic carbocycles. The molecule has 2 aliphatic rings. The van der Waals surface area contributed by atoms with E-state index in [2.05, 4.69) is 37.2 Å². The number of carboxylic acid groups (broad SMARTS) is 2. The molecule has 0 saturated carbocycles. The minimum Gasteiger partial charge on any atom is -0.481 e. The number of hydrogen-bond donors (Lipinski definition) is 3. The summed E-state index contributed by atoms with van der Waals surface area (Å²) in [5.41, 5.74) is 0.0404. The molecule has 0 aliphatic carbocycles. The van der Waals surface area contributed by atoms with Gasteiger partial charge in [0.2, 0.25) is 5.91 Å². The van der Waals surface area contributed by atoms with Gasteiger partial charge in [-0.15, -0.1) is 0 Å². The Hall–Kier alpha value is -1.71. The van der Waals surface area contributed by atoms with Crippen molar-refractivity contribution >= 4 is 55.4 Å². The van der Waals surface area contributed by atoms with E-state index in [0.717, 1.165) is 0 Å². The smallest absolute Gasteiger partial charge is 0.337 e. The normalized spacial score (nSPS) is 28.1. The molecule has 126 valence electrons. The lowest BCUT2D eigenvalue weighted by Crippen LogP contribution is -2.41. The fourth-order valence-electron chi connectivity index (χ4n) is 2.99. The number of ether oxygens (including phenoxy) is 1. The van der Waals surface area contributed by atoms with Gasteiger partial charge in [-0.2, -0.15) is 0 Å². The Kier molecular flexibility index (Phi) is 4.50. The lowest BCUT2D eigenvalue weighted by molar-refractivity contribution is -0.146. The van der Waals surface area contributed by atoms with Crippen LogP contribution in [0.25, 0.3) is 0 Å². The van der Waals surface area contributed by atoms with E-state index in [4.69, 9.17) is 4.74 Å². The van der Waals surface area contributed by atoms with Gasteiger partial charge in [0.15, 0.2) is 0 Å². The van der Waals surface area contributed by atoms with E-state index in [9.17, 15) is 24.6 Å². The number of fused-ring (bicyclic) bond motifs is 2. The van der Waals surface area contributed by atoms with Crippen LogP contribution in [0.5, 0.6) is 0 Å². The number of hydrogen-bond acceptors (Lipinski definition) is 4. The van der Waals surface area contributed by atoms with Crippen LogP contribution < -0.4 is 5.32 Å². The van der Waals surface area contributed by atoms with E-state index in [1.165, 1.54) is 18.2 Å². The molecule has 2 aliphatic heterocycles. The van der Waals surface area contributed by atoms with Crippen molar-refractivity contribution in [3.05, 3.63) is 38.8 Å². The van der Waals surface area contributed by atoms with Crippen LogP contribution in [0.3, 0.4) is 0 Å². The first-order valence-electron chi connectivity index (χ1n) is 6.89. The van der Waals surface area contributed by atoms with Crippen LogP contribution in [0.15, 0.2) is 33.2 Å². The average molecular weight is 461 g/mol. The maximum atomic E-state index is 12.6. The van der Waals surface area contributed by atoms with Crippen LogP contribution in [0, 0.1) is 11.8 Å². The fraction of sp³-hybridized carbons (Fsp3) is 0.267. The van der Waals surface area contributed by atoms with Crippen molar-refractivity contribution in [2.24, 2.45) is 11.8 Å². The number of rotatable bonds is 4. The Morgan fingerprint density at radius 2 is 1.58 bits per heavy atom. The Labute approximate surface area is 152 Å². The van der Waals surface area contributed by atoms with Gasteiger partial charge in [0.1, 0.15) is 18.1 Å². The summed E-state index contributed by atoms with van der Waals surface area (Å²) in [6.07, 6.45) is -1.46. The number of nitrogens with one attached hydrogen (secondary N) is 1. The number of halogens is 2. The van der Waals surface area contributed by atoms with Crippen LogP contribution in [-0.2, 0) is 14.3 Å². The molecule has 4 atom stereocenters. The first kappa shape index (κ1) is 17.1. The number of carbonyl (C=O) groups is 3. The number of aromatic carboxylic acids is 1. The maximum absolute atomic E-state index is 12.6. The van der Waals surface area contributed by atoms with Gasteiger partial charge >= 0.3 is 11.9 Å². The predicted octanol–water partition coefficient (Wildman–Crippen LogP) is 2.42. The molecule has 9 heteroatoms. The van der Waals surface area contributed by atoms with Crippen molar-refractivity contribution in [1.82, 2.24) is 0 Å². The van der Waals surface area contributed by atoms with Crippen molar-refractivity contribution in [2.45, 2.75) is 12.2 Å². The number of para-hydroxylation sites is 1. The van der Waals surface area contributed by atoms with Gasteiger partial charge in [0.25, 0.3) is 0 Å². The van der Waals surface area contributed by atoms with Gasteiger partial charge in [-0.1, -0.05) is 44.0 Å². The average Bonchev–Trinajstić information content (AvgIpc) is 3.05. The molecular weight excluding hydrogens is 450 g/mol. The quantitative estimate of drug-likeness (QED) is 0.635. The third kappa shape index (κ3) is 2.66. The van der Waals surface area contributed by atoms with E-state index < -0.39 is 41.9 Å². The molecule has 24 heavy (non-hydrogen) atoms. The van der Waals surface area contributed by atoms with E-state index >= 15 is 0 Å². The zero-order chi connectivity index (χ0) is 17.6. The minimum atomic E-state index is -1.19. The third-order valence-electron chi connectivity index (χ3n) is 4.06. The predicted molar refractivity (Wildman–Crippen MR) is 90.2 cm³/mol. The Morgan fingerprint density at radius 3 is 2.17 bits per heavy atom. The first-order valence-corrected chi connectivity index (χ1v) is 8.48. The molecule has 3 rings (SSSR count). The van der Waals surface area contributed by atoms with Gasteiger partial charge in [-0.05, 0) is 12.1 Å².